The predicted octanol–water partition coefficient (Wildman–Crippen LogP) is 4.94. The van der Waals surface area contributed by atoms with Crippen molar-refractivity contribution in [2.24, 2.45) is 0 Å². The van der Waals surface area contributed by atoms with Crippen LogP contribution in [0.5, 0.6) is 0 Å². The summed E-state index contributed by atoms with van der Waals surface area (Å²) in [6.45, 7) is 0.943. The summed E-state index contributed by atoms with van der Waals surface area (Å²) in [5.41, 5.74) is 0.796. The van der Waals surface area contributed by atoms with Crippen molar-refractivity contribution in [2.75, 3.05) is 5.32 Å². The maximum absolute atomic E-state index is 13.2. The number of hydrogen-bond donors (Lipinski definition) is 1. The first-order valence-corrected chi connectivity index (χ1v) is 8.42. The number of hydrogen-bond acceptors (Lipinski definition) is 3. The highest BCUT2D eigenvalue weighted by atomic mass is 35.5. The zero-order valence-electron chi connectivity index (χ0n) is 14.3. The Morgan fingerprint density at radius 1 is 1.33 bits per heavy atom. The Balaban J connectivity index is 1.59. The number of furan rings is 1. The van der Waals surface area contributed by atoms with E-state index in [1.807, 2.05) is 6.07 Å². The maximum Gasteiger partial charge on any atom is 0.301 e. The first-order chi connectivity index (χ1) is 12.8. The molecule has 0 saturated heterocycles. The van der Waals surface area contributed by atoms with E-state index in [1.165, 1.54) is 22.9 Å². The SMILES string of the molecule is CC(F)(F)c1ccc(Cn2ccc(NC(=O)/C=C/c3cccc(Cl)c3)n2)o1. The molecule has 140 valence electrons. The van der Waals surface area contributed by atoms with Crippen molar-refractivity contribution in [3.63, 3.8) is 0 Å². The lowest BCUT2D eigenvalue weighted by molar-refractivity contribution is -0.111. The number of anilines is 1. The second kappa shape index (κ2) is 7.75. The molecule has 1 aromatic carbocycles. The number of nitrogens with one attached hydrogen (secondary N) is 1. The van der Waals surface area contributed by atoms with Crippen LogP contribution in [0.4, 0.5) is 14.6 Å². The Kier molecular flexibility index (Phi) is 5.41. The summed E-state index contributed by atoms with van der Waals surface area (Å²) in [6.07, 6.45) is 4.61. The van der Waals surface area contributed by atoms with E-state index in [-0.39, 0.29) is 12.5 Å². The van der Waals surface area contributed by atoms with Crippen LogP contribution >= 0.6 is 11.6 Å². The van der Waals surface area contributed by atoms with Crippen LogP contribution in [0.1, 0.15) is 24.0 Å². The Morgan fingerprint density at radius 2 is 2.15 bits per heavy atom. The molecule has 2 heterocycles. The van der Waals surface area contributed by atoms with Gasteiger partial charge in [-0.15, -0.1) is 0 Å². The van der Waals surface area contributed by atoms with Crippen molar-refractivity contribution in [1.29, 1.82) is 0 Å². The zero-order chi connectivity index (χ0) is 19.4. The molecule has 27 heavy (non-hydrogen) atoms. The summed E-state index contributed by atoms with van der Waals surface area (Å²) in [7, 11) is 0. The highest BCUT2D eigenvalue weighted by molar-refractivity contribution is 6.30. The molecule has 0 aliphatic heterocycles. The van der Waals surface area contributed by atoms with Gasteiger partial charge in [-0.1, -0.05) is 23.7 Å². The van der Waals surface area contributed by atoms with E-state index >= 15 is 0 Å². The van der Waals surface area contributed by atoms with Crippen molar-refractivity contribution < 1.29 is 18.0 Å². The second-order valence-electron chi connectivity index (χ2n) is 5.93. The molecular weight excluding hydrogens is 376 g/mol. The summed E-state index contributed by atoms with van der Waals surface area (Å²) < 4.78 is 33.0. The van der Waals surface area contributed by atoms with Gasteiger partial charge < -0.3 is 9.73 Å². The summed E-state index contributed by atoms with van der Waals surface area (Å²) in [5.74, 6) is -3.11. The molecule has 1 N–H and O–H groups in total. The van der Waals surface area contributed by atoms with Gasteiger partial charge in [-0.25, -0.2) is 0 Å². The molecule has 0 saturated carbocycles. The number of benzene rings is 1. The van der Waals surface area contributed by atoms with E-state index in [9.17, 15) is 13.6 Å². The van der Waals surface area contributed by atoms with Crippen LogP contribution in [0, 0.1) is 0 Å². The highest BCUT2D eigenvalue weighted by Gasteiger charge is 2.28. The van der Waals surface area contributed by atoms with Gasteiger partial charge in [0.05, 0.1) is 6.54 Å². The van der Waals surface area contributed by atoms with E-state index in [0.29, 0.717) is 16.6 Å². The minimum Gasteiger partial charge on any atom is -0.458 e. The summed E-state index contributed by atoms with van der Waals surface area (Å²) in [4.78, 5) is 12.0. The normalized spacial score (nSPS) is 11.9. The molecule has 0 aliphatic carbocycles. The van der Waals surface area contributed by atoms with Crippen molar-refractivity contribution >= 4 is 29.4 Å². The van der Waals surface area contributed by atoms with E-state index in [0.717, 1.165) is 12.5 Å². The quantitative estimate of drug-likeness (QED) is 0.605. The summed E-state index contributed by atoms with van der Waals surface area (Å²) in [6, 6.07) is 11.4. The molecule has 0 radical (unpaired) electrons. The molecule has 0 fully saturated rings. The molecule has 0 spiro atoms. The lowest BCUT2D eigenvalue weighted by Gasteiger charge is -2.05. The average Bonchev–Trinajstić information content (AvgIpc) is 3.23. The van der Waals surface area contributed by atoms with Crippen molar-refractivity contribution in [2.45, 2.75) is 19.4 Å². The fourth-order valence-corrected chi connectivity index (χ4v) is 2.52. The van der Waals surface area contributed by atoms with Gasteiger partial charge in [-0.2, -0.15) is 13.9 Å². The first-order valence-electron chi connectivity index (χ1n) is 8.05. The minimum atomic E-state index is -3.03. The van der Waals surface area contributed by atoms with Gasteiger partial charge in [0.15, 0.2) is 11.6 Å². The van der Waals surface area contributed by atoms with Gasteiger partial charge >= 0.3 is 5.92 Å². The standard InChI is InChI=1S/C19H16ClF2N3O2/c1-19(21,22)16-7-6-15(27-16)12-25-10-9-17(24-25)23-18(26)8-5-13-3-2-4-14(20)11-13/h2-11H,12H2,1H3,(H,23,24,26)/b8-5+. The van der Waals surface area contributed by atoms with E-state index < -0.39 is 11.7 Å². The summed E-state index contributed by atoms with van der Waals surface area (Å²) in [5, 5.41) is 7.37. The average molecular weight is 392 g/mol. The molecular formula is C19H16ClF2N3O2. The van der Waals surface area contributed by atoms with Crippen molar-refractivity contribution in [1.82, 2.24) is 9.78 Å². The molecule has 0 aliphatic rings. The number of nitrogens with zero attached hydrogens (tertiary/aromatic N) is 2. The fourth-order valence-electron chi connectivity index (χ4n) is 2.32. The maximum atomic E-state index is 13.2. The topological polar surface area (TPSA) is 60.1 Å². The molecule has 3 rings (SSSR count). The Morgan fingerprint density at radius 3 is 2.85 bits per heavy atom. The molecule has 5 nitrogen and oxygen atoms in total. The first kappa shape index (κ1) is 18.8. The van der Waals surface area contributed by atoms with Crippen LogP contribution in [-0.4, -0.2) is 15.7 Å². The number of carbonyl (C=O) groups is 1. The van der Waals surface area contributed by atoms with Gasteiger partial charge in [0.1, 0.15) is 5.76 Å². The van der Waals surface area contributed by atoms with Gasteiger partial charge in [0.2, 0.25) is 5.91 Å². The number of halogens is 3. The predicted molar refractivity (Wildman–Crippen MR) is 98.7 cm³/mol. The van der Waals surface area contributed by atoms with Gasteiger partial charge in [-0.3, -0.25) is 9.48 Å². The monoisotopic (exact) mass is 391 g/mol. The third-order valence-electron chi connectivity index (χ3n) is 3.58. The summed E-state index contributed by atoms with van der Waals surface area (Å²) >= 11 is 5.89. The van der Waals surface area contributed by atoms with E-state index in [4.69, 9.17) is 16.0 Å². The molecule has 0 unspecified atom stereocenters. The Hall–Kier alpha value is -2.93. The lowest BCUT2D eigenvalue weighted by Crippen LogP contribution is -2.09. The van der Waals surface area contributed by atoms with Crippen LogP contribution in [-0.2, 0) is 17.3 Å². The number of aromatic nitrogens is 2. The molecule has 0 atom stereocenters. The number of alkyl halides is 2. The lowest BCUT2D eigenvalue weighted by atomic mass is 10.2. The van der Waals surface area contributed by atoms with Crippen LogP contribution in [0.2, 0.25) is 5.02 Å². The second-order valence-corrected chi connectivity index (χ2v) is 6.37. The minimum absolute atomic E-state index is 0.171. The van der Waals surface area contributed by atoms with Gasteiger partial charge in [0.25, 0.3) is 0 Å². The fraction of sp³-hybridized carbons (Fsp3) is 0.158. The van der Waals surface area contributed by atoms with Crippen molar-refractivity contribution in [3.8, 4) is 0 Å². The Labute approximate surface area is 159 Å². The zero-order valence-corrected chi connectivity index (χ0v) is 15.1. The largest absolute Gasteiger partial charge is 0.458 e. The van der Waals surface area contributed by atoms with Crippen LogP contribution in [0.25, 0.3) is 6.08 Å². The highest BCUT2D eigenvalue weighted by Crippen LogP contribution is 2.28. The molecule has 3 aromatic rings. The third-order valence-corrected chi connectivity index (χ3v) is 3.82. The molecule has 0 bridgehead atoms. The van der Waals surface area contributed by atoms with Crippen molar-refractivity contribution in [3.05, 3.63) is 76.8 Å². The van der Waals surface area contributed by atoms with Gasteiger partial charge in [-0.05, 0) is 35.9 Å². The third kappa shape index (κ3) is 5.27. The molecule has 2 aromatic heterocycles. The smallest absolute Gasteiger partial charge is 0.301 e. The number of amides is 1. The molecule has 8 heteroatoms. The van der Waals surface area contributed by atoms with Gasteiger partial charge in [0, 0.05) is 30.3 Å². The molecule has 1 amide bonds. The number of rotatable bonds is 6. The van der Waals surface area contributed by atoms with Crippen LogP contribution in [0.15, 0.2) is 59.2 Å². The van der Waals surface area contributed by atoms with Crippen LogP contribution < -0.4 is 5.32 Å². The van der Waals surface area contributed by atoms with Crippen LogP contribution in [0.3, 0.4) is 0 Å². The van der Waals surface area contributed by atoms with E-state index in [1.54, 1.807) is 36.5 Å². The van der Waals surface area contributed by atoms with E-state index in [2.05, 4.69) is 10.4 Å². The Bertz CT molecular complexity index is 973. The number of carbonyl (C=O) groups excluding carboxylic acids is 1.